The lowest BCUT2D eigenvalue weighted by Crippen LogP contribution is -2.38. The van der Waals surface area contributed by atoms with Crippen molar-refractivity contribution in [2.75, 3.05) is 0 Å². The first-order valence-corrected chi connectivity index (χ1v) is 7.60. The molecule has 1 atom stereocenters. The molecular formula is C17H14F4N4O. The van der Waals surface area contributed by atoms with Gasteiger partial charge in [0.1, 0.15) is 11.5 Å². The van der Waals surface area contributed by atoms with Gasteiger partial charge < -0.3 is 16.0 Å². The summed E-state index contributed by atoms with van der Waals surface area (Å²) in [5.41, 5.74) is 5.37. The molecule has 1 aromatic carbocycles. The molecule has 136 valence electrons. The average molecular weight is 366 g/mol. The number of nitrogens with zero attached hydrogens (tertiary/aromatic N) is 1. The van der Waals surface area contributed by atoms with Gasteiger partial charge in [0.2, 0.25) is 0 Å². The fourth-order valence-electron chi connectivity index (χ4n) is 2.65. The Balaban J connectivity index is 2.00. The lowest BCUT2D eigenvalue weighted by molar-refractivity contribution is -0.155. The van der Waals surface area contributed by atoms with Crippen LogP contribution < -0.4 is 11.1 Å². The van der Waals surface area contributed by atoms with Gasteiger partial charge in [-0.15, -0.1) is 0 Å². The number of H-pyrrole nitrogens is 1. The standard InChI is InChI=1S/C17H14F4N4O/c18-11-4-2-5-12-14(11)10(8-23-12)15(17(19,20)21)25-16(26)13-6-1-3-9(7-22)24-13/h1-6,8,15,23H,7,22H2,(H,25,26). The number of hydrogen-bond acceptors (Lipinski definition) is 3. The van der Waals surface area contributed by atoms with Crippen LogP contribution in [0.25, 0.3) is 10.9 Å². The van der Waals surface area contributed by atoms with Crippen molar-refractivity contribution < 1.29 is 22.4 Å². The van der Waals surface area contributed by atoms with E-state index in [1.807, 2.05) is 5.32 Å². The molecule has 5 nitrogen and oxygen atoms in total. The Hall–Kier alpha value is -2.94. The summed E-state index contributed by atoms with van der Waals surface area (Å²) in [6.07, 6.45) is -3.80. The van der Waals surface area contributed by atoms with Crippen LogP contribution in [0.3, 0.4) is 0 Å². The van der Waals surface area contributed by atoms with Crippen LogP contribution in [-0.4, -0.2) is 22.1 Å². The van der Waals surface area contributed by atoms with Crippen molar-refractivity contribution in [3.63, 3.8) is 0 Å². The third-order valence-corrected chi connectivity index (χ3v) is 3.85. The second-order valence-electron chi connectivity index (χ2n) is 5.57. The summed E-state index contributed by atoms with van der Waals surface area (Å²) in [6.45, 7) is 0.0392. The largest absolute Gasteiger partial charge is 0.412 e. The summed E-state index contributed by atoms with van der Waals surface area (Å²) in [5.74, 6) is -1.85. The van der Waals surface area contributed by atoms with Crippen LogP contribution in [0.4, 0.5) is 17.6 Å². The predicted molar refractivity (Wildman–Crippen MR) is 86.6 cm³/mol. The first-order valence-electron chi connectivity index (χ1n) is 7.60. The zero-order chi connectivity index (χ0) is 18.9. The maximum atomic E-state index is 14.1. The number of amides is 1. The van der Waals surface area contributed by atoms with E-state index in [9.17, 15) is 22.4 Å². The molecule has 0 bridgehead atoms. The smallest absolute Gasteiger partial charge is 0.361 e. The molecule has 3 rings (SSSR count). The van der Waals surface area contributed by atoms with Crippen LogP contribution in [0.2, 0.25) is 0 Å². The lowest BCUT2D eigenvalue weighted by Gasteiger charge is -2.21. The number of pyridine rings is 1. The molecule has 0 radical (unpaired) electrons. The highest BCUT2D eigenvalue weighted by Gasteiger charge is 2.43. The number of nitrogens with one attached hydrogen (secondary N) is 2. The number of fused-ring (bicyclic) bond motifs is 1. The topological polar surface area (TPSA) is 83.8 Å². The van der Waals surface area contributed by atoms with Gasteiger partial charge in [0.05, 0.1) is 5.69 Å². The molecule has 2 heterocycles. The van der Waals surface area contributed by atoms with Crippen molar-refractivity contribution in [2.45, 2.75) is 18.8 Å². The quantitative estimate of drug-likeness (QED) is 0.620. The molecule has 3 aromatic rings. The number of hydrogen-bond donors (Lipinski definition) is 3. The first kappa shape index (κ1) is 17.9. The van der Waals surface area contributed by atoms with Gasteiger partial charge in [0.15, 0.2) is 6.04 Å². The minimum atomic E-state index is -4.83. The number of carbonyl (C=O) groups excluding carboxylic acids is 1. The Labute approximate surface area is 145 Å². The summed E-state index contributed by atoms with van der Waals surface area (Å²) in [7, 11) is 0. The van der Waals surface area contributed by atoms with Gasteiger partial charge in [0.25, 0.3) is 5.91 Å². The number of rotatable bonds is 4. The van der Waals surface area contributed by atoms with E-state index in [0.29, 0.717) is 5.69 Å². The van der Waals surface area contributed by atoms with E-state index in [0.717, 1.165) is 12.3 Å². The number of nitrogens with two attached hydrogens (primary N) is 1. The fraction of sp³-hybridized carbons (Fsp3) is 0.176. The zero-order valence-corrected chi connectivity index (χ0v) is 13.3. The highest BCUT2D eigenvalue weighted by atomic mass is 19.4. The third kappa shape index (κ3) is 3.38. The number of aromatic nitrogens is 2. The second-order valence-corrected chi connectivity index (χ2v) is 5.57. The van der Waals surface area contributed by atoms with Crippen LogP contribution in [0, 0.1) is 5.82 Å². The maximum Gasteiger partial charge on any atom is 0.412 e. The molecular weight excluding hydrogens is 352 g/mol. The molecule has 0 saturated carbocycles. The summed E-state index contributed by atoms with van der Waals surface area (Å²) in [4.78, 5) is 18.8. The van der Waals surface area contributed by atoms with E-state index in [2.05, 4.69) is 9.97 Å². The third-order valence-electron chi connectivity index (χ3n) is 3.85. The normalized spacial score (nSPS) is 13.0. The number of alkyl halides is 3. The Morgan fingerprint density at radius 1 is 1.23 bits per heavy atom. The van der Waals surface area contributed by atoms with Crippen LogP contribution in [0.15, 0.2) is 42.6 Å². The molecule has 9 heteroatoms. The number of benzene rings is 1. The molecule has 0 saturated heterocycles. The van der Waals surface area contributed by atoms with Gasteiger partial charge in [-0.2, -0.15) is 13.2 Å². The molecule has 0 fully saturated rings. The summed E-state index contributed by atoms with van der Waals surface area (Å²) in [6, 6.07) is 5.78. The number of aromatic amines is 1. The van der Waals surface area contributed by atoms with Gasteiger partial charge >= 0.3 is 6.18 Å². The molecule has 1 amide bonds. The molecule has 2 aromatic heterocycles. The number of carbonyl (C=O) groups is 1. The van der Waals surface area contributed by atoms with Crippen LogP contribution in [0.5, 0.6) is 0 Å². The predicted octanol–water partition coefficient (Wildman–Crippen LogP) is 3.19. The van der Waals surface area contributed by atoms with Gasteiger partial charge in [-0.1, -0.05) is 12.1 Å². The minimum absolute atomic E-state index is 0.0392. The van der Waals surface area contributed by atoms with Crippen molar-refractivity contribution in [1.82, 2.24) is 15.3 Å². The average Bonchev–Trinajstić information content (AvgIpc) is 3.03. The SMILES string of the molecule is NCc1cccc(C(=O)NC(c2c[nH]c3cccc(F)c23)C(F)(F)F)n1. The van der Waals surface area contributed by atoms with Gasteiger partial charge in [-0.3, -0.25) is 4.79 Å². The van der Waals surface area contributed by atoms with E-state index in [4.69, 9.17) is 5.73 Å². The van der Waals surface area contributed by atoms with Crippen LogP contribution >= 0.6 is 0 Å². The second kappa shape index (κ2) is 6.75. The van der Waals surface area contributed by atoms with Crippen molar-refractivity contribution in [2.24, 2.45) is 5.73 Å². The Kier molecular flexibility index (Phi) is 4.64. The van der Waals surface area contributed by atoms with E-state index in [1.54, 1.807) is 6.07 Å². The number of halogens is 4. The molecule has 0 aliphatic heterocycles. The highest BCUT2D eigenvalue weighted by molar-refractivity contribution is 5.93. The van der Waals surface area contributed by atoms with Crippen molar-refractivity contribution >= 4 is 16.8 Å². The Bertz CT molecular complexity index is 951. The summed E-state index contributed by atoms with van der Waals surface area (Å²) >= 11 is 0. The lowest BCUT2D eigenvalue weighted by atomic mass is 10.0. The van der Waals surface area contributed by atoms with Gasteiger partial charge in [-0.05, 0) is 24.3 Å². The van der Waals surface area contributed by atoms with E-state index < -0.39 is 29.5 Å². The summed E-state index contributed by atoms with van der Waals surface area (Å²) < 4.78 is 54.8. The Morgan fingerprint density at radius 2 is 1.96 bits per heavy atom. The molecule has 0 aliphatic rings. The van der Waals surface area contributed by atoms with E-state index in [1.165, 1.54) is 24.3 Å². The monoisotopic (exact) mass is 366 g/mol. The summed E-state index contributed by atoms with van der Waals surface area (Å²) in [5, 5.41) is 1.67. The van der Waals surface area contributed by atoms with E-state index in [-0.39, 0.29) is 23.1 Å². The molecule has 4 N–H and O–H groups in total. The Morgan fingerprint density at radius 3 is 2.65 bits per heavy atom. The molecule has 0 aliphatic carbocycles. The van der Waals surface area contributed by atoms with Crippen molar-refractivity contribution in [3.8, 4) is 0 Å². The molecule has 0 spiro atoms. The first-order chi connectivity index (χ1) is 12.3. The van der Waals surface area contributed by atoms with E-state index >= 15 is 0 Å². The van der Waals surface area contributed by atoms with Crippen molar-refractivity contribution in [3.05, 3.63) is 65.4 Å². The van der Waals surface area contributed by atoms with Crippen LogP contribution in [-0.2, 0) is 6.54 Å². The highest BCUT2D eigenvalue weighted by Crippen LogP contribution is 2.37. The minimum Gasteiger partial charge on any atom is -0.361 e. The van der Waals surface area contributed by atoms with Crippen LogP contribution in [0.1, 0.15) is 27.8 Å². The van der Waals surface area contributed by atoms with Crippen molar-refractivity contribution in [1.29, 1.82) is 0 Å². The maximum absolute atomic E-state index is 14.1. The molecule has 26 heavy (non-hydrogen) atoms. The fourth-order valence-corrected chi connectivity index (χ4v) is 2.65. The molecule has 1 unspecified atom stereocenters. The van der Waals surface area contributed by atoms with Gasteiger partial charge in [-0.25, -0.2) is 9.37 Å². The van der Waals surface area contributed by atoms with Gasteiger partial charge in [0, 0.05) is 29.2 Å². The zero-order valence-electron chi connectivity index (χ0n) is 13.3.